The molecule has 1 saturated heterocycles. The van der Waals surface area contributed by atoms with Gasteiger partial charge in [0.1, 0.15) is 28.2 Å². The number of carbonyl (C=O) groups is 2. The number of halogens is 1. The molecule has 6 nitrogen and oxygen atoms in total. The van der Waals surface area contributed by atoms with Crippen LogP contribution in [0.4, 0.5) is 4.79 Å². The Morgan fingerprint density at radius 1 is 1.00 bits per heavy atom. The van der Waals surface area contributed by atoms with Gasteiger partial charge in [-0.2, -0.15) is 0 Å². The maximum atomic E-state index is 11.9. The van der Waals surface area contributed by atoms with Crippen molar-refractivity contribution in [1.29, 1.82) is 0 Å². The zero-order valence-electron chi connectivity index (χ0n) is 20.2. The molecule has 36 heavy (non-hydrogen) atoms. The molecular formula is C28H28ClNO5S. The number of hydrogen-bond donors (Lipinski definition) is 1. The van der Waals surface area contributed by atoms with E-state index in [-0.39, 0.29) is 17.3 Å². The van der Waals surface area contributed by atoms with Crippen molar-refractivity contribution >= 4 is 34.5 Å². The SMILES string of the molecule is CCCc1cc(Oc2ccccc2)ccc1OC(C)CCOc1ccc(C2SC(=O)NC2=O)cc1Cl. The van der Waals surface area contributed by atoms with E-state index < -0.39 is 5.25 Å². The minimum Gasteiger partial charge on any atom is -0.492 e. The molecule has 0 aliphatic carbocycles. The van der Waals surface area contributed by atoms with E-state index in [1.807, 2.05) is 55.5 Å². The second-order valence-electron chi connectivity index (χ2n) is 8.46. The molecule has 3 aromatic rings. The van der Waals surface area contributed by atoms with Crippen molar-refractivity contribution in [2.75, 3.05) is 6.61 Å². The van der Waals surface area contributed by atoms with Crippen LogP contribution in [0.25, 0.3) is 0 Å². The van der Waals surface area contributed by atoms with Gasteiger partial charge in [0.05, 0.1) is 17.7 Å². The third kappa shape index (κ3) is 6.74. The maximum absolute atomic E-state index is 11.9. The normalized spacial score (nSPS) is 15.9. The van der Waals surface area contributed by atoms with Crippen LogP contribution in [-0.4, -0.2) is 23.9 Å². The first kappa shape index (κ1) is 25.9. The summed E-state index contributed by atoms with van der Waals surface area (Å²) in [5.41, 5.74) is 1.77. The molecule has 2 atom stereocenters. The van der Waals surface area contributed by atoms with Crippen LogP contribution in [0.1, 0.15) is 43.1 Å². The van der Waals surface area contributed by atoms with Gasteiger partial charge in [-0.05, 0) is 78.7 Å². The highest BCUT2D eigenvalue weighted by Gasteiger charge is 2.33. The quantitative estimate of drug-likeness (QED) is 0.282. The average molecular weight is 526 g/mol. The fourth-order valence-electron chi connectivity index (χ4n) is 3.81. The maximum Gasteiger partial charge on any atom is 0.286 e. The molecule has 2 unspecified atom stereocenters. The Hall–Kier alpha value is -3.16. The minimum absolute atomic E-state index is 0.0795. The summed E-state index contributed by atoms with van der Waals surface area (Å²) in [6.07, 6.45) is 2.45. The summed E-state index contributed by atoms with van der Waals surface area (Å²) in [4.78, 5) is 23.3. The predicted molar refractivity (Wildman–Crippen MR) is 142 cm³/mol. The van der Waals surface area contributed by atoms with Gasteiger partial charge < -0.3 is 14.2 Å². The van der Waals surface area contributed by atoms with Crippen LogP contribution >= 0.6 is 23.4 Å². The third-order valence-electron chi connectivity index (χ3n) is 5.59. The first-order valence-electron chi connectivity index (χ1n) is 11.9. The number of para-hydroxylation sites is 1. The zero-order valence-corrected chi connectivity index (χ0v) is 21.7. The van der Waals surface area contributed by atoms with Gasteiger partial charge in [-0.15, -0.1) is 0 Å². The lowest BCUT2D eigenvalue weighted by molar-refractivity contribution is -0.119. The second-order valence-corrected chi connectivity index (χ2v) is 9.95. The number of rotatable bonds is 11. The number of nitrogens with one attached hydrogen (secondary N) is 1. The van der Waals surface area contributed by atoms with Gasteiger partial charge in [-0.1, -0.05) is 49.2 Å². The van der Waals surface area contributed by atoms with E-state index >= 15 is 0 Å². The number of benzene rings is 3. The van der Waals surface area contributed by atoms with E-state index in [0.29, 0.717) is 29.4 Å². The van der Waals surface area contributed by atoms with Crippen molar-refractivity contribution in [3.8, 4) is 23.0 Å². The lowest BCUT2D eigenvalue weighted by atomic mass is 10.1. The van der Waals surface area contributed by atoms with Gasteiger partial charge in [0, 0.05) is 6.42 Å². The molecule has 1 aliphatic heterocycles. The lowest BCUT2D eigenvalue weighted by Gasteiger charge is -2.19. The third-order valence-corrected chi connectivity index (χ3v) is 6.92. The smallest absolute Gasteiger partial charge is 0.286 e. The van der Waals surface area contributed by atoms with Gasteiger partial charge >= 0.3 is 0 Å². The van der Waals surface area contributed by atoms with Crippen molar-refractivity contribution in [3.63, 3.8) is 0 Å². The molecule has 0 spiro atoms. The number of hydrogen-bond acceptors (Lipinski definition) is 6. The van der Waals surface area contributed by atoms with E-state index in [0.717, 1.165) is 47.4 Å². The molecule has 1 fully saturated rings. The molecule has 1 aliphatic rings. The Morgan fingerprint density at radius 3 is 2.47 bits per heavy atom. The van der Waals surface area contributed by atoms with E-state index in [4.69, 9.17) is 25.8 Å². The fraction of sp³-hybridized carbons (Fsp3) is 0.286. The Bertz CT molecular complexity index is 1220. The molecule has 3 aromatic carbocycles. The molecule has 4 rings (SSSR count). The van der Waals surface area contributed by atoms with Gasteiger partial charge in [0.25, 0.3) is 5.24 Å². The van der Waals surface area contributed by atoms with Crippen molar-refractivity contribution < 1.29 is 23.8 Å². The average Bonchev–Trinajstić information content (AvgIpc) is 3.20. The molecule has 8 heteroatoms. The Morgan fingerprint density at radius 2 is 1.78 bits per heavy atom. The standard InChI is InChI=1S/C28H28ClNO5S/c1-3-7-19-16-22(35-21-8-5-4-6-9-21)11-13-24(19)34-18(2)14-15-33-25-12-10-20(17-23(25)29)26-27(31)30-28(32)36-26/h4-6,8-13,16-18,26H,3,7,14-15H2,1-2H3,(H,30,31,32). The molecule has 0 saturated carbocycles. The van der Waals surface area contributed by atoms with Gasteiger partial charge in [0.15, 0.2) is 0 Å². The highest BCUT2D eigenvalue weighted by molar-refractivity contribution is 8.15. The monoisotopic (exact) mass is 525 g/mol. The summed E-state index contributed by atoms with van der Waals surface area (Å²) < 4.78 is 18.1. The van der Waals surface area contributed by atoms with Crippen molar-refractivity contribution in [2.24, 2.45) is 0 Å². The van der Waals surface area contributed by atoms with Crippen molar-refractivity contribution in [1.82, 2.24) is 5.32 Å². The second kappa shape index (κ2) is 12.2. The molecule has 1 heterocycles. The number of carbonyl (C=O) groups excluding carboxylic acids is 2. The summed E-state index contributed by atoms with van der Waals surface area (Å²) in [5.74, 6) is 2.61. The Kier molecular flexibility index (Phi) is 8.78. The summed E-state index contributed by atoms with van der Waals surface area (Å²) in [7, 11) is 0. The van der Waals surface area contributed by atoms with E-state index in [9.17, 15) is 9.59 Å². The number of amides is 2. The van der Waals surface area contributed by atoms with E-state index in [1.165, 1.54) is 0 Å². The van der Waals surface area contributed by atoms with Crippen LogP contribution in [0.2, 0.25) is 5.02 Å². The lowest BCUT2D eigenvalue weighted by Crippen LogP contribution is -2.20. The first-order valence-corrected chi connectivity index (χ1v) is 13.1. The van der Waals surface area contributed by atoms with Crippen LogP contribution < -0.4 is 19.5 Å². The molecule has 2 amide bonds. The highest BCUT2D eigenvalue weighted by atomic mass is 35.5. The zero-order chi connectivity index (χ0) is 25.5. The van der Waals surface area contributed by atoms with Crippen LogP contribution in [0.3, 0.4) is 0 Å². The van der Waals surface area contributed by atoms with Crippen LogP contribution in [0, 0.1) is 0 Å². The summed E-state index contributed by atoms with van der Waals surface area (Å²) >= 11 is 7.32. The van der Waals surface area contributed by atoms with Gasteiger partial charge in [-0.3, -0.25) is 14.9 Å². The molecule has 188 valence electrons. The molecule has 1 N–H and O–H groups in total. The largest absolute Gasteiger partial charge is 0.492 e. The van der Waals surface area contributed by atoms with Crippen LogP contribution in [-0.2, 0) is 11.2 Å². The number of ether oxygens (including phenoxy) is 3. The van der Waals surface area contributed by atoms with Crippen molar-refractivity contribution in [3.05, 3.63) is 82.9 Å². The summed E-state index contributed by atoms with van der Waals surface area (Å²) in [6, 6.07) is 20.8. The van der Waals surface area contributed by atoms with Gasteiger partial charge in [-0.25, -0.2) is 0 Å². The highest BCUT2D eigenvalue weighted by Crippen LogP contribution is 2.37. The number of aryl methyl sites for hydroxylation is 1. The Labute approximate surface area is 220 Å². The molecular weight excluding hydrogens is 498 g/mol. The Balaban J connectivity index is 1.32. The number of imide groups is 1. The summed E-state index contributed by atoms with van der Waals surface area (Å²) in [5, 5.41) is 1.74. The van der Waals surface area contributed by atoms with Crippen LogP contribution in [0.5, 0.6) is 23.0 Å². The predicted octanol–water partition coefficient (Wildman–Crippen LogP) is 7.35. The van der Waals surface area contributed by atoms with Crippen LogP contribution in [0.15, 0.2) is 66.7 Å². The fourth-order valence-corrected chi connectivity index (χ4v) is 4.87. The molecule has 0 aromatic heterocycles. The number of thioether (sulfide) groups is 1. The molecule has 0 bridgehead atoms. The minimum atomic E-state index is -0.584. The van der Waals surface area contributed by atoms with E-state index in [2.05, 4.69) is 12.2 Å². The van der Waals surface area contributed by atoms with Gasteiger partial charge in [0.2, 0.25) is 5.91 Å². The van der Waals surface area contributed by atoms with Crippen molar-refractivity contribution in [2.45, 2.75) is 44.5 Å². The van der Waals surface area contributed by atoms with E-state index in [1.54, 1.807) is 18.2 Å². The topological polar surface area (TPSA) is 73.9 Å². The first-order chi connectivity index (χ1) is 17.4. The molecule has 0 radical (unpaired) electrons. The summed E-state index contributed by atoms with van der Waals surface area (Å²) in [6.45, 7) is 4.55.